The molecule has 0 aromatic carbocycles. The molecule has 0 spiro atoms. The first-order chi connectivity index (χ1) is 23.4. The summed E-state index contributed by atoms with van der Waals surface area (Å²) >= 11 is 0. The van der Waals surface area contributed by atoms with E-state index in [4.69, 9.17) is 14.0 Å². The third-order valence-electron chi connectivity index (χ3n) is 7.28. The first-order valence-corrected chi connectivity index (χ1v) is 20.9. The van der Waals surface area contributed by atoms with E-state index in [2.05, 4.69) is 47.2 Å². The number of esters is 2. The summed E-state index contributed by atoms with van der Waals surface area (Å²) in [6.07, 6.45) is 24.4. The number of carbonyl (C=O) groups is 2. The first kappa shape index (κ1) is 47.6. The highest BCUT2D eigenvalue weighted by atomic mass is 31.2. The molecule has 13 nitrogen and oxygen atoms in total. The van der Waals surface area contributed by atoms with Crippen molar-refractivity contribution >= 4 is 27.6 Å². The largest absolute Gasteiger partial charge is 0.790 e. The van der Waals surface area contributed by atoms with Gasteiger partial charge >= 0.3 is 11.9 Å². The van der Waals surface area contributed by atoms with Gasteiger partial charge in [-0.15, -0.1) is 0 Å². The fraction of sp³-hybridized carbons (Fsp3) is 0.824. The maximum Gasteiger partial charge on any atom is 0.306 e. The average Bonchev–Trinajstić information content (AvgIpc) is 3.05. The summed E-state index contributed by atoms with van der Waals surface area (Å²) in [4.78, 5) is 58.0. The highest BCUT2D eigenvalue weighted by Crippen LogP contribution is 2.38. The fourth-order valence-electron chi connectivity index (χ4n) is 4.50. The fourth-order valence-corrected chi connectivity index (χ4v) is 5.63. The van der Waals surface area contributed by atoms with Crippen LogP contribution in [0.1, 0.15) is 142 Å². The highest BCUT2D eigenvalue weighted by molar-refractivity contribution is 7.45. The quantitative estimate of drug-likeness (QED) is 0.0343. The third kappa shape index (κ3) is 34.8. The van der Waals surface area contributed by atoms with E-state index in [1.165, 1.54) is 51.4 Å². The zero-order valence-electron chi connectivity index (χ0n) is 29.7. The minimum Gasteiger partial charge on any atom is -0.790 e. The second-order valence-electron chi connectivity index (χ2n) is 12.1. The van der Waals surface area contributed by atoms with Crippen LogP contribution < -0.4 is 14.7 Å². The Labute approximate surface area is 294 Å². The maximum atomic E-state index is 12.5. The molecule has 0 amide bonds. The van der Waals surface area contributed by atoms with Crippen LogP contribution in [0.3, 0.4) is 0 Å². The lowest BCUT2D eigenvalue weighted by Crippen LogP contribution is -2.31. The SMILES string of the molecule is CCCCCC/C=C\CCCCCC(=O)OC[C@H](COP(=O)([O-])OC[C@@H](O)COP(=O)([O-])[O-])OC(=O)CCCCC/C=C\CCCCCC. The minimum atomic E-state index is -5.37. The topological polar surface area (TPSA) is 204 Å². The Morgan fingerprint density at radius 3 is 1.49 bits per heavy atom. The van der Waals surface area contributed by atoms with Gasteiger partial charge in [0, 0.05) is 12.8 Å². The summed E-state index contributed by atoms with van der Waals surface area (Å²) in [7, 11) is -10.4. The van der Waals surface area contributed by atoms with Gasteiger partial charge in [0.1, 0.15) is 12.7 Å². The smallest absolute Gasteiger partial charge is 0.306 e. The molecular weight excluding hydrogens is 678 g/mol. The van der Waals surface area contributed by atoms with E-state index in [0.29, 0.717) is 12.8 Å². The number of hydrogen-bond acceptors (Lipinski definition) is 13. The van der Waals surface area contributed by atoms with E-state index in [1.54, 1.807) is 0 Å². The van der Waals surface area contributed by atoms with Crippen LogP contribution in [0.15, 0.2) is 24.3 Å². The minimum absolute atomic E-state index is 0.0827. The van der Waals surface area contributed by atoms with Crippen LogP contribution in [0.25, 0.3) is 0 Å². The monoisotopic (exact) mass is 739 g/mol. The van der Waals surface area contributed by atoms with Gasteiger partial charge in [-0.05, 0) is 64.2 Å². The Balaban J connectivity index is 4.67. The van der Waals surface area contributed by atoms with Crippen LogP contribution in [0.5, 0.6) is 0 Å². The molecule has 0 fully saturated rings. The number of unbranched alkanes of at least 4 members (excludes halogenated alkanes) is 14. The number of carbonyl (C=O) groups excluding carboxylic acids is 2. The van der Waals surface area contributed by atoms with Gasteiger partial charge in [-0.1, -0.05) is 89.5 Å². The molecule has 0 aromatic heterocycles. The molecule has 0 bridgehead atoms. The van der Waals surface area contributed by atoms with Gasteiger partial charge in [0.15, 0.2) is 6.10 Å². The Morgan fingerprint density at radius 2 is 1.02 bits per heavy atom. The average molecular weight is 740 g/mol. The van der Waals surface area contributed by atoms with Crippen LogP contribution in [0.4, 0.5) is 0 Å². The molecule has 1 unspecified atom stereocenters. The van der Waals surface area contributed by atoms with Gasteiger partial charge in [-0.25, -0.2) is 0 Å². The normalized spacial score (nSPS) is 14.7. The highest BCUT2D eigenvalue weighted by Gasteiger charge is 2.22. The number of aliphatic hydroxyl groups excluding tert-OH is 1. The Bertz CT molecular complexity index is 983. The first-order valence-electron chi connectivity index (χ1n) is 18.0. The van der Waals surface area contributed by atoms with Crippen LogP contribution in [0, 0.1) is 0 Å². The zero-order chi connectivity index (χ0) is 36.6. The van der Waals surface area contributed by atoms with Gasteiger partial charge in [-0.3, -0.25) is 14.2 Å². The molecule has 0 aromatic rings. The molecule has 0 aliphatic heterocycles. The second-order valence-corrected chi connectivity index (χ2v) is 14.6. The summed E-state index contributed by atoms with van der Waals surface area (Å²) in [5.41, 5.74) is 0. The Hall–Kier alpha value is -1.40. The van der Waals surface area contributed by atoms with E-state index < -0.39 is 66.2 Å². The molecule has 0 rings (SSSR count). The van der Waals surface area contributed by atoms with Crippen molar-refractivity contribution in [1.29, 1.82) is 0 Å². The predicted molar refractivity (Wildman–Crippen MR) is 182 cm³/mol. The summed E-state index contributed by atoms with van der Waals surface area (Å²) in [6.45, 7) is 1.24. The number of hydrogen-bond donors (Lipinski definition) is 1. The second kappa shape index (κ2) is 31.3. The Kier molecular flexibility index (Phi) is 30.4. The van der Waals surface area contributed by atoms with Crippen LogP contribution in [-0.4, -0.2) is 55.7 Å². The molecule has 15 heteroatoms. The summed E-state index contributed by atoms with van der Waals surface area (Å²) in [5.74, 6) is -1.13. The molecule has 0 saturated heterocycles. The van der Waals surface area contributed by atoms with Crippen molar-refractivity contribution in [3.05, 3.63) is 24.3 Å². The number of phosphoric ester groups is 2. The van der Waals surface area contributed by atoms with Crippen LogP contribution in [-0.2, 0) is 41.8 Å². The van der Waals surface area contributed by atoms with Crippen molar-refractivity contribution in [2.75, 3.05) is 26.4 Å². The molecule has 0 aliphatic carbocycles. The molecule has 0 heterocycles. The lowest BCUT2D eigenvalue weighted by Gasteiger charge is -2.30. The predicted octanol–water partition coefficient (Wildman–Crippen LogP) is 6.10. The standard InChI is InChI=1S/C34H64O13P2/c1-3-5-7-9-11-13-15-17-19-21-23-25-33(36)43-29-32(30-46-49(41,42)45-28-31(35)27-44-48(38,39)40)47-34(37)26-24-22-20-18-16-14-12-10-8-6-4-2/h13-16,31-32,35H,3-12,17-30H2,1-2H3,(H,41,42)(H2,38,39,40)/p-3/b15-13-,16-14-/t31-,32+/m0/s1. The van der Waals surface area contributed by atoms with Gasteiger partial charge in [-0.2, -0.15) is 0 Å². The molecule has 0 aliphatic rings. The van der Waals surface area contributed by atoms with Gasteiger partial charge < -0.3 is 47.4 Å². The Morgan fingerprint density at radius 1 is 0.592 bits per heavy atom. The molecular formula is C34H61O13P2-3. The number of ether oxygens (including phenoxy) is 2. The number of rotatable bonds is 34. The molecule has 0 radical (unpaired) electrons. The van der Waals surface area contributed by atoms with Gasteiger partial charge in [0.2, 0.25) is 0 Å². The van der Waals surface area contributed by atoms with Crippen molar-refractivity contribution in [2.45, 2.75) is 154 Å². The number of phosphoric acid groups is 2. The van der Waals surface area contributed by atoms with Crippen molar-refractivity contribution in [1.82, 2.24) is 0 Å². The molecule has 0 saturated carbocycles. The lowest BCUT2D eigenvalue weighted by molar-refractivity contribution is -0.342. The van der Waals surface area contributed by atoms with Crippen molar-refractivity contribution in [3.63, 3.8) is 0 Å². The molecule has 3 atom stereocenters. The van der Waals surface area contributed by atoms with E-state index in [1.807, 2.05) is 0 Å². The summed E-state index contributed by atoms with van der Waals surface area (Å²) in [5, 5.41) is 9.60. The third-order valence-corrected chi connectivity index (χ3v) is 8.68. The lowest BCUT2D eigenvalue weighted by atomic mass is 10.1. The molecule has 49 heavy (non-hydrogen) atoms. The van der Waals surface area contributed by atoms with Gasteiger partial charge in [0.25, 0.3) is 7.82 Å². The van der Waals surface area contributed by atoms with Crippen molar-refractivity contribution in [3.8, 4) is 0 Å². The molecule has 1 N–H and O–H groups in total. The number of allylic oxidation sites excluding steroid dienone is 4. The van der Waals surface area contributed by atoms with E-state index in [-0.39, 0.29) is 12.8 Å². The maximum absolute atomic E-state index is 12.5. The van der Waals surface area contributed by atoms with Crippen molar-refractivity contribution < 1.29 is 61.6 Å². The molecule has 288 valence electrons. The zero-order valence-corrected chi connectivity index (χ0v) is 31.5. The van der Waals surface area contributed by atoms with E-state index >= 15 is 0 Å². The van der Waals surface area contributed by atoms with Crippen LogP contribution >= 0.6 is 15.6 Å². The number of aliphatic hydroxyl groups is 1. The van der Waals surface area contributed by atoms with Crippen molar-refractivity contribution in [2.24, 2.45) is 0 Å². The summed E-state index contributed by atoms with van der Waals surface area (Å²) < 4.78 is 46.4. The van der Waals surface area contributed by atoms with Crippen LogP contribution in [0.2, 0.25) is 0 Å². The van der Waals surface area contributed by atoms with E-state index in [9.17, 15) is 38.5 Å². The van der Waals surface area contributed by atoms with Gasteiger partial charge in [0.05, 0.1) is 27.6 Å². The summed E-state index contributed by atoms with van der Waals surface area (Å²) in [6, 6.07) is 0. The van der Waals surface area contributed by atoms with E-state index in [0.717, 1.165) is 51.4 Å².